The molecule has 0 atom stereocenters. The van der Waals surface area contributed by atoms with Crippen molar-refractivity contribution in [2.45, 2.75) is 51.0 Å². The minimum atomic E-state index is 0.122. The molecule has 4 rings (SSSR count). The Kier molecular flexibility index (Phi) is 4.01. The highest BCUT2D eigenvalue weighted by atomic mass is 32.1. The van der Waals surface area contributed by atoms with Crippen molar-refractivity contribution in [1.82, 2.24) is 4.90 Å². The second-order valence-electron chi connectivity index (χ2n) is 6.99. The Morgan fingerprint density at radius 3 is 2.65 bits per heavy atom. The molecule has 1 saturated carbocycles. The van der Waals surface area contributed by atoms with Gasteiger partial charge in [0, 0.05) is 42.3 Å². The molecular formula is C18H23NO3S. The van der Waals surface area contributed by atoms with E-state index in [9.17, 15) is 9.59 Å². The van der Waals surface area contributed by atoms with Crippen LogP contribution in [0.1, 0.15) is 51.4 Å². The molecule has 2 fully saturated rings. The zero-order valence-corrected chi connectivity index (χ0v) is 14.4. The van der Waals surface area contributed by atoms with Gasteiger partial charge >= 0.3 is 0 Å². The predicted molar refractivity (Wildman–Crippen MR) is 89.1 cm³/mol. The number of likely N-dealkylation sites (tertiary alicyclic amines) is 1. The van der Waals surface area contributed by atoms with Crippen molar-refractivity contribution in [3.8, 4) is 0 Å². The molecule has 3 aliphatic rings. The number of amides is 1. The van der Waals surface area contributed by atoms with Gasteiger partial charge in [0.25, 0.3) is 5.91 Å². The molecule has 2 aliphatic carbocycles. The van der Waals surface area contributed by atoms with Crippen LogP contribution in [0.2, 0.25) is 0 Å². The number of ether oxygens (including phenoxy) is 1. The molecule has 5 heteroatoms. The summed E-state index contributed by atoms with van der Waals surface area (Å²) in [7, 11) is 1.69. The van der Waals surface area contributed by atoms with E-state index in [1.165, 1.54) is 16.9 Å². The third-order valence-electron chi connectivity index (χ3n) is 5.29. The van der Waals surface area contributed by atoms with Crippen LogP contribution >= 0.6 is 11.3 Å². The number of hydrogen-bond acceptors (Lipinski definition) is 4. The van der Waals surface area contributed by atoms with Crippen LogP contribution in [0, 0.1) is 5.92 Å². The van der Waals surface area contributed by atoms with E-state index in [4.69, 9.17) is 4.74 Å². The molecule has 124 valence electrons. The summed E-state index contributed by atoms with van der Waals surface area (Å²) in [5, 5.41) is 0. The zero-order valence-electron chi connectivity index (χ0n) is 13.6. The zero-order chi connectivity index (χ0) is 16.0. The van der Waals surface area contributed by atoms with Gasteiger partial charge in [0.2, 0.25) is 0 Å². The molecular weight excluding hydrogens is 310 g/mol. The Morgan fingerprint density at radius 2 is 1.96 bits per heavy atom. The summed E-state index contributed by atoms with van der Waals surface area (Å²) in [4.78, 5) is 29.5. The van der Waals surface area contributed by atoms with Crippen molar-refractivity contribution < 1.29 is 14.3 Å². The van der Waals surface area contributed by atoms with Gasteiger partial charge in [-0.05, 0) is 44.1 Å². The molecule has 0 spiro atoms. The van der Waals surface area contributed by atoms with Crippen LogP contribution in [-0.2, 0) is 28.8 Å². The van der Waals surface area contributed by atoms with Crippen molar-refractivity contribution >= 4 is 23.0 Å². The van der Waals surface area contributed by atoms with E-state index in [0.29, 0.717) is 25.3 Å². The molecule has 0 N–H and O–H groups in total. The number of ketones is 1. The first-order chi connectivity index (χ1) is 11.2. The van der Waals surface area contributed by atoms with Crippen LogP contribution in [0.5, 0.6) is 0 Å². The minimum absolute atomic E-state index is 0.122. The molecule has 1 amide bonds. The first-order valence-electron chi connectivity index (χ1n) is 8.65. The molecule has 1 aromatic rings. The molecule has 1 aliphatic heterocycles. The van der Waals surface area contributed by atoms with Crippen molar-refractivity contribution in [2.75, 3.05) is 20.2 Å². The quantitative estimate of drug-likeness (QED) is 0.832. The highest BCUT2D eigenvalue weighted by Crippen LogP contribution is 2.38. The minimum Gasteiger partial charge on any atom is -0.378 e. The lowest BCUT2D eigenvalue weighted by atomic mass is 9.92. The van der Waals surface area contributed by atoms with Gasteiger partial charge in [-0.15, -0.1) is 11.3 Å². The van der Waals surface area contributed by atoms with E-state index in [2.05, 4.69) is 0 Å². The summed E-state index contributed by atoms with van der Waals surface area (Å²) in [5.41, 5.74) is 2.11. The largest absolute Gasteiger partial charge is 0.378 e. The fourth-order valence-electron chi connectivity index (χ4n) is 3.61. The van der Waals surface area contributed by atoms with Crippen LogP contribution in [0.4, 0.5) is 0 Å². The number of methoxy groups -OCH3 is 1. The van der Waals surface area contributed by atoms with Gasteiger partial charge in [-0.1, -0.05) is 0 Å². The van der Waals surface area contributed by atoms with E-state index < -0.39 is 0 Å². The molecule has 4 nitrogen and oxygen atoms in total. The van der Waals surface area contributed by atoms with Crippen LogP contribution < -0.4 is 0 Å². The number of nitrogens with zero attached hydrogens (tertiary/aromatic N) is 1. The van der Waals surface area contributed by atoms with Crippen molar-refractivity contribution in [3.63, 3.8) is 0 Å². The number of hydrogen-bond donors (Lipinski definition) is 0. The molecule has 2 heterocycles. The van der Waals surface area contributed by atoms with E-state index in [0.717, 1.165) is 42.5 Å². The number of fused-ring (bicyclic) bond motifs is 1. The summed E-state index contributed by atoms with van der Waals surface area (Å²) in [6.07, 6.45) is 7.12. The van der Waals surface area contributed by atoms with Crippen molar-refractivity contribution in [1.29, 1.82) is 0 Å². The first-order valence-corrected chi connectivity index (χ1v) is 9.47. The lowest BCUT2D eigenvalue weighted by Gasteiger charge is -2.38. The van der Waals surface area contributed by atoms with Crippen LogP contribution in [0.15, 0.2) is 0 Å². The Hall–Kier alpha value is -1.20. The van der Waals surface area contributed by atoms with Gasteiger partial charge in [0.15, 0.2) is 0 Å². The van der Waals surface area contributed by atoms with Crippen LogP contribution in [0.25, 0.3) is 0 Å². The molecule has 1 aromatic heterocycles. The van der Waals surface area contributed by atoms with Gasteiger partial charge in [0.05, 0.1) is 11.7 Å². The summed E-state index contributed by atoms with van der Waals surface area (Å²) < 4.78 is 5.29. The number of rotatable bonds is 5. The average molecular weight is 333 g/mol. The van der Waals surface area contributed by atoms with E-state index in [1.54, 1.807) is 18.4 Å². The van der Waals surface area contributed by atoms with Gasteiger partial charge in [-0.25, -0.2) is 0 Å². The molecule has 0 aromatic carbocycles. The fraction of sp³-hybridized carbons (Fsp3) is 0.667. The standard InChI is InChI=1S/C18H23NO3S/c1-22-12-9-19(10-12)18(21)17-13-4-2-3-5-15(13)23-16(17)8-14(20)11-6-7-11/h11-12H,2-10H2,1H3. The maximum absolute atomic E-state index is 13.0. The normalized spacial score (nSPS) is 21.0. The number of carbonyl (C=O) groups excluding carboxylic acids is 2. The summed E-state index contributed by atoms with van der Waals surface area (Å²) in [6, 6.07) is 0. The summed E-state index contributed by atoms with van der Waals surface area (Å²) in [6.45, 7) is 1.35. The van der Waals surface area contributed by atoms with Crippen molar-refractivity contribution in [3.05, 3.63) is 20.9 Å². The maximum Gasteiger partial charge on any atom is 0.255 e. The second-order valence-corrected chi connectivity index (χ2v) is 8.18. The highest BCUT2D eigenvalue weighted by molar-refractivity contribution is 7.12. The van der Waals surface area contributed by atoms with E-state index in [-0.39, 0.29) is 17.9 Å². The van der Waals surface area contributed by atoms with E-state index in [1.807, 2.05) is 4.90 Å². The Morgan fingerprint density at radius 1 is 1.22 bits per heavy atom. The van der Waals surface area contributed by atoms with Crippen molar-refractivity contribution in [2.24, 2.45) is 5.92 Å². The molecule has 23 heavy (non-hydrogen) atoms. The molecule has 1 saturated heterocycles. The highest BCUT2D eigenvalue weighted by Gasteiger charge is 2.37. The Balaban J connectivity index is 1.61. The lowest BCUT2D eigenvalue weighted by molar-refractivity contribution is -0.119. The van der Waals surface area contributed by atoms with Gasteiger partial charge in [0.1, 0.15) is 5.78 Å². The second kappa shape index (κ2) is 6.02. The van der Waals surface area contributed by atoms with Gasteiger partial charge in [-0.2, -0.15) is 0 Å². The third kappa shape index (κ3) is 2.85. The lowest BCUT2D eigenvalue weighted by Crippen LogP contribution is -2.54. The predicted octanol–water partition coefficient (Wildman–Crippen LogP) is 2.62. The number of Topliss-reactive ketones (excluding diaryl/α,β-unsaturated/α-hetero) is 1. The maximum atomic E-state index is 13.0. The number of carbonyl (C=O) groups is 2. The van der Waals surface area contributed by atoms with Crippen LogP contribution in [-0.4, -0.2) is 42.9 Å². The van der Waals surface area contributed by atoms with Gasteiger partial charge in [-0.3, -0.25) is 9.59 Å². The molecule has 0 radical (unpaired) electrons. The first kappa shape index (κ1) is 15.3. The monoisotopic (exact) mass is 333 g/mol. The summed E-state index contributed by atoms with van der Waals surface area (Å²) in [5.74, 6) is 0.714. The Bertz CT molecular complexity index is 641. The number of thiophene rings is 1. The van der Waals surface area contributed by atoms with Gasteiger partial charge < -0.3 is 9.64 Å². The smallest absolute Gasteiger partial charge is 0.255 e. The number of aryl methyl sites for hydroxylation is 1. The average Bonchev–Trinajstić information content (AvgIpc) is 3.28. The Labute approximate surface area is 140 Å². The topological polar surface area (TPSA) is 46.6 Å². The molecule has 0 bridgehead atoms. The third-order valence-corrected chi connectivity index (χ3v) is 6.59. The summed E-state index contributed by atoms with van der Waals surface area (Å²) >= 11 is 1.72. The van der Waals surface area contributed by atoms with Crippen LogP contribution in [0.3, 0.4) is 0 Å². The fourth-order valence-corrected chi connectivity index (χ4v) is 5.01. The van der Waals surface area contributed by atoms with E-state index >= 15 is 0 Å². The SMILES string of the molecule is COC1CN(C(=O)c2c(CC(=O)C3CC3)sc3c2CCCC3)C1. The molecule has 0 unspecified atom stereocenters.